The lowest BCUT2D eigenvalue weighted by atomic mass is 10.0. The molecule has 0 bridgehead atoms. The summed E-state index contributed by atoms with van der Waals surface area (Å²) in [4.78, 5) is 2.49. The number of hydrogen-bond acceptors (Lipinski definition) is 3. The van der Waals surface area contributed by atoms with Crippen LogP contribution in [0.2, 0.25) is 0 Å². The van der Waals surface area contributed by atoms with Crippen molar-refractivity contribution in [3.05, 3.63) is 0 Å². The average molecular weight is 174 g/mol. The molecule has 0 aromatic heterocycles. The molecule has 1 fully saturated rings. The fraction of sp³-hybridized carbons (Fsp3) is 1.00. The van der Waals surface area contributed by atoms with Crippen molar-refractivity contribution in [1.29, 1.82) is 0 Å². The van der Waals surface area contributed by atoms with E-state index < -0.39 is 0 Å². The second kappa shape index (κ2) is 5.01. The van der Waals surface area contributed by atoms with E-state index in [4.69, 9.17) is 5.73 Å². The van der Waals surface area contributed by atoms with E-state index in [-0.39, 0.29) is 0 Å². The van der Waals surface area contributed by atoms with Crippen LogP contribution in [0.15, 0.2) is 0 Å². The molecule has 0 amide bonds. The Kier molecular flexibility index (Phi) is 4.26. The monoisotopic (exact) mass is 174 g/mol. The molecule has 1 saturated heterocycles. The maximum absolute atomic E-state index is 5.52. The van der Waals surface area contributed by atoms with E-state index in [9.17, 15) is 0 Å². The second-order valence-electron chi connectivity index (χ2n) is 3.21. The van der Waals surface area contributed by atoms with Gasteiger partial charge in [0.05, 0.1) is 0 Å². The summed E-state index contributed by atoms with van der Waals surface area (Å²) >= 11 is 1.93. The summed E-state index contributed by atoms with van der Waals surface area (Å²) in [7, 11) is 0. The van der Waals surface area contributed by atoms with Crippen LogP contribution in [0, 0.1) is 5.92 Å². The predicted molar refractivity (Wildman–Crippen MR) is 52.0 cm³/mol. The van der Waals surface area contributed by atoms with Gasteiger partial charge in [-0.15, -0.1) is 0 Å². The zero-order valence-corrected chi connectivity index (χ0v) is 8.07. The van der Waals surface area contributed by atoms with Gasteiger partial charge in [-0.1, -0.05) is 0 Å². The van der Waals surface area contributed by atoms with Crippen LogP contribution in [-0.4, -0.2) is 43.1 Å². The van der Waals surface area contributed by atoms with Gasteiger partial charge in [-0.3, -0.25) is 0 Å². The lowest BCUT2D eigenvalue weighted by molar-refractivity contribution is 0.107. The molecule has 0 radical (unpaired) electrons. The van der Waals surface area contributed by atoms with Gasteiger partial charge in [-0.05, 0) is 37.4 Å². The summed E-state index contributed by atoms with van der Waals surface area (Å²) in [5.74, 6) is 2.09. The van der Waals surface area contributed by atoms with E-state index in [1.54, 1.807) is 0 Å². The molecule has 1 rings (SSSR count). The maximum atomic E-state index is 5.52. The normalized spacial score (nSPS) is 20.2. The Morgan fingerprint density at radius 1 is 1.55 bits per heavy atom. The van der Waals surface area contributed by atoms with Crippen LogP contribution in [-0.2, 0) is 0 Å². The predicted octanol–water partition coefficient (Wildman–Crippen LogP) is 0.630. The van der Waals surface area contributed by atoms with Gasteiger partial charge in [0.2, 0.25) is 0 Å². The highest BCUT2D eigenvalue weighted by molar-refractivity contribution is 7.98. The summed E-state index contributed by atoms with van der Waals surface area (Å²) in [6.45, 7) is 4.63. The van der Waals surface area contributed by atoms with Gasteiger partial charge in [0, 0.05) is 13.1 Å². The molecule has 0 unspecified atom stereocenters. The molecule has 11 heavy (non-hydrogen) atoms. The van der Waals surface area contributed by atoms with E-state index in [1.807, 2.05) is 11.8 Å². The first-order valence-corrected chi connectivity index (χ1v) is 5.67. The molecule has 0 aromatic rings. The van der Waals surface area contributed by atoms with Crippen molar-refractivity contribution in [1.82, 2.24) is 4.90 Å². The second-order valence-corrected chi connectivity index (χ2v) is 4.19. The Morgan fingerprint density at radius 3 is 2.82 bits per heavy atom. The molecule has 1 aliphatic rings. The Morgan fingerprint density at radius 2 is 2.27 bits per heavy atom. The molecule has 0 saturated carbocycles. The molecule has 3 heteroatoms. The van der Waals surface area contributed by atoms with Gasteiger partial charge in [0.15, 0.2) is 0 Å². The molecule has 1 aliphatic heterocycles. The summed E-state index contributed by atoms with van der Waals surface area (Å²) in [6.07, 6.45) is 3.50. The molecule has 0 aliphatic carbocycles. The number of rotatable bonds is 5. The largest absolute Gasteiger partial charge is 0.330 e. The number of thioether (sulfide) groups is 1. The third-order valence-corrected chi connectivity index (χ3v) is 2.89. The van der Waals surface area contributed by atoms with E-state index >= 15 is 0 Å². The standard InChI is InChI=1S/C8H18N2S/c1-11-4-2-3-10-6-8(5-9)7-10/h8H,2-7,9H2,1H3. The summed E-state index contributed by atoms with van der Waals surface area (Å²) in [5, 5.41) is 0. The number of likely N-dealkylation sites (tertiary alicyclic amines) is 1. The fourth-order valence-corrected chi connectivity index (χ4v) is 1.86. The zero-order valence-electron chi connectivity index (χ0n) is 7.25. The smallest absolute Gasteiger partial charge is 0.00341 e. The third kappa shape index (κ3) is 3.01. The van der Waals surface area contributed by atoms with Crippen LogP contribution in [0.3, 0.4) is 0 Å². The molecular formula is C8H18N2S. The zero-order chi connectivity index (χ0) is 8.10. The molecular weight excluding hydrogens is 156 g/mol. The molecule has 0 aromatic carbocycles. The third-order valence-electron chi connectivity index (χ3n) is 2.19. The van der Waals surface area contributed by atoms with Gasteiger partial charge >= 0.3 is 0 Å². The molecule has 66 valence electrons. The van der Waals surface area contributed by atoms with Crippen LogP contribution in [0.5, 0.6) is 0 Å². The summed E-state index contributed by atoms with van der Waals surface area (Å²) in [5.41, 5.74) is 5.52. The van der Waals surface area contributed by atoms with E-state index in [0.29, 0.717) is 0 Å². The number of hydrogen-bond donors (Lipinski definition) is 1. The van der Waals surface area contributed by atoms with Crippen LogP contribution in [0.4, 0.5) is 0 Å². The fourth-order valence-electron chi connectivity index (χ4n) is 1.44. The quantitative estimate of drug-likeness (QED) is 0.620. The highest BCUT2D eigenvalue weighted by atomic mass is 32.2. The highest BCUT2D eigenvalue weighted by Gasteiger charge is 2.23. The minimum atomic E-state index is 0.796. The van der Waals surface area contributed by atoms with Crippen LogP contribution >= 0.6 is 11.8 Å². The van der Waals surface area contributed by atoms with Crippen LogP contribution < -0.4 is 5.73 Å². The van der Waals surface area contributed by atoms with Crippen molar-refractivity contribution in [2.75, 3.05) is 38.2 Å². The van der Waals surface area contributed by atoms with Gasteiger partial charge in [0.25, 0.3) is 0 Å². The van der Waals surface area contributed by atoms with E-state index in [1.165, 1.54) is 31.8 Å². The first kappa shape index (κ1) is 9.36. The Labute approximate surface area is 73.5 Å². The van der Waals surface area contributed by atoms with E-state index in [0.717, 1.165) is 12.5 Å². The molecule has 0 atom stereocenters. The van der Waals surface area contributed by atoms with Crippen LogP contribution in [0.25, 0.3) is 0 Å². The van der Waals surface area contributed by atoms with Crippen LogP contribution in [0.1, 0.15) is 6.42 Å². The van der Waals surface area contributed by atoms with Crippen molar-refractivity contribution < 1.29 is 0 Å². The van der Waals surface area contributed by atoms with Gasteiger partial charge < -0.3 is 10.6 Å². The molecule has 2 nitrogen and oxygen atoms in total. The Bertz CT molecular complexity index is 102. The van der Waals surface area contributed by atoms with E-state index in [2.05, 4.69) is 11.2 Å². The topological polar surface area (TPSA) is 29.3 Å². The van der Waals surface area contributed by atoms with Crippen molar-refractivity contribution in [2.45, 2.75) is 6.42 Å². The number of nitrogens with zero attached hydrogens (tertiary/aromatic N) is 1. The maximum Gasteiger partial charge on any atom is 0.00341 e. The first-order valence-electron chi connectivity index (χ1n) is 4.28. The first-order chi connectivity index (χ1) is 5.36. The lowest BCUT2D eigenvalue weighted by Gasteiger charge is -2.38. The molecule has 0 spiro atoms. The lowest BCUT2D eigenvalue weighted by Crippen LogP contribution is -2.50. The van der Waals surface area contributed by atoms with Crippen molar-refractivity contribution in [3.63, 3.8) is 0 Å². The average Bonchev–Trinajstić information content (AvgIpc) is 1.94. The van der Waals surface area contributed by atoms with Gasteiger partial charge in [-0.2, -0.15) is 11.8 Å². The number of nitrogens with two attached hydrogens (primary N) is 1. The van der Waals surface area contributed by atoms with Gasteiger partial charge in [0.1, 0.15) is 0 Å². The molecule has 1 heterocycles. The summed E-state index contributed by atoms with van der Waals surface area (Å²) in [6, 6.07) is 0. The van der Waals surface area contributed by atoms with Crippen molar-refractivity contribution in [3.8, 4) is 0 Å². The molecule has 2 N–H and O–H groups in total. The Balaban J connectivity index is 1.88. The summed E-state index contributed by atoms with van der Waals surface area (Å²) < 4.78 is 0. The van der Waals surface area contributed by atoms with Gasteiger partial charge in [-0.25, -0.2) is 0 Å². The highest BCUT2D eigenvalue weighted by Crippen LogP contribution is 2.14. The van der Waals surface area contributed by atoms with Crippen molar-refractivity contribution >= 4 is 11.8 Å². The Hall–Kier alpha value is 0.270. The minimum Gasteiger partial charge on any atom is -0.330 e. The minimum absolute atomic E-state index is 0.796. The van der Waals surface area contributed by atoms with Crippen molar-refractivity contribution in [2.24, 2.45) is 11.7 Å². The SMILES string of the molecule is CSCCCN1CC(CN)C1.